The predicted octanol–water partition coefficient (Wildman–Crippen LogP) is 1.94. The summed E-state index contributed by atoms with van der Waals surface area (Å²) in [5.41, 5.74) is 0.928. The molecule has 0 spiro atoms. The Hall–Kier alpha value is -1.89. The number of carboxylic acid groups (broad SMARTS) is 2. The Balaban J connectivity index is 2.73. The van der Waals surface area contributed by atoms with Gasteiger partial charge in [-0.05, 0) is 23.6 Å². The minimum absolute atomic E-state index is 0.0577. The van der Waals surface area contributed by atoms with Crippen LogP contribution in [0.4, 0.5) is 0 Å². The van der Waals surface area contributed by atoms with E-state index in [1.54, 1.807) is 0 Å². The van der Waals surface area contributed by atoms with Crippen molar-refractivity contribution < 1.29 is 24.6 Å². The zero-order valence-electron chi connectivity index (χ0n) is 11.5. The molecule has 0 saturated heterocycles. The lowest BCUT2D eigenvalue weighted by Gasteiger charge is -2.21. The number of benzene rings is 1. The van der Waals surface area contributed by atoms with Gasteiger partial charge in [0.1, 0.15) is 13.1 Å². The van der Waals surface area contributed by atoms with Gasteiger partial charge in [-0.3, -0.25) is 14.4 Å². The van der Waals surface area contributed by atoms with Gasteiger partial charge in [-0.15, -0.1) is 0 Å². The maximum absolute atomic E-state index is 12.1. The Morgan fingerprint density at radius 2 is 1.57 bits per heavy atom. The number of aliphatic carboxylic acids is 2. The molecule has 21 heavy (non-hydrogen) atoms. The molecule has 0 fully saturated rings. The second-order valence-electron chi connectivity index (χ2n) is 4.69. The molecule has 0 heterocycles. The van der Waals surface area contributed by atoms with Gasteiger partial charge in [0.15, 0.2) is 0 Å². The Morgan fingerprint density at radius 1 is 1.10 bits per heavy atom. The Morgan fingerprint density at radius 3 is 2.00 bits per heavy atom. The minimum atomic E-state index is -1.24. The second-order valence-corrected chi connectivity index (χ2v) is 5.61. The van der Waals surface area contributed by atoms with Gasteiger partial charge in [-0.25, -0.2) is 0 Å². The third-order valence-corrected chi connectivity index (χ3v) is 3.45. The Labute approximate surface area is 130 Å². The number of halogens is 1. The monoisotopic (exact) mass is 357 g/mol. The first kappa shape index (κ1) is 17.2. The van der Waals surface area contributed by atoms with Crippen molar-refractivity contribution in [2.45, 2.75) is 19.3 Å². The van der Waals surface area contributed by atoms with E-state index < -0.39 is 30.9 Å². The lowest BCUT2D eigenvalue weighted by molar-refractivity contribution is -0.149. The molecule has 7 heteroatoms. The largest absolute Gasteiger partial charge is 0.480 e. The molecule has 1 unspecified atom stereocenters. The van der Waals surface area contributed by atoms with Crippen LogP contribution in [0.25, 0.3) is 0 Å². The molecule has 0 aliphatic rings. The van der Waals surface area contributed by atoms with Gasteiger partial charge in [-0.1, -0.05) is 35.0 Å². The van der Waals surface area contributed by atoms with Crippen LogP contribution >= 0.6 is 15.9 Å². The number of hydrogen-bond acceptors (Lipinski definition) is 3. The fourth-order valence-electron chi connectivity index (χ4n) is 1.86. The highest BCUT2D eigenvalue weighted by Crippen LogP contribution is 2.22. The van der Waals surface area contributed by atoms with Crippen LogP contribution in [0.15, 0.2) is 28.7 Å². The molecule has 0 saturated carbocycles. The standard InChI is InChI=1S/C14H16BrNO5/c1-9(10-2-4-11(15)5-3-10)6-12(17)16(7-13(18)19)8-14(20)21/h2-5,9H,6-8H2,1H3,(H,18,19)(H,20,21). The fraction of sp³-hybridized carbons (Fsp3) is 0.357. The van der Waals surface area contributed by atoms with Crippen LogP contribution in [0.3, 0.4) is 0 Å². The number of carbonyl (C=O) groups is 3. The van der Waals surface area contributed by atoms with Crippen molar-refractivity contribution in [2.24, 2.45) is 0 Å². The van der Waals surface area contributed by atoms with Crippen molar-refractivity contribution in [3.05, 3.63) is 34.3 Å². The van der Waals surface area contributed by atoms with E-state index in [9.17, 15) is 14.4 Å². The third-order valence-electron chi connectivity index (χ3n) is 2.92. The molecule has 1 rings (SSSR count). The molecular formula is C14H16BrNO5. The van der Waals surface area contributed by atoms with Crippen molar-refractivity contribution in [2.75, 3.05) is 13.1 Å². The van der Waals surface area contributed by atoms with Crippen LogP contribution in [0.2, 0.25) is 0 Å². The second kappa shape index (κ2) is 7.78. The molecule has 0 aliphatic heterocycles. The van der Waals surface area contributed by atoms with E-state index >= 15 is 0 Å². The van der Waals surface area contributed by atoms with Crippen LogP contribution in [0, 0.1) is 0 Å². The molecule has 0 aromatic heterocycles. The van der Waals surface area contributed by atoms with Crippen molar-refractivity contribution >= 4 is 33.8 Å². The molecule has 1 aromatic rings. The van der Waals surface area contributed by atoms with Gasteiger partial charge >= 0.3 is 11.9 Å². The van der Waals surface area contributed by atoms with E-state index in [0.717, 1.165) is 14.9 Å². The summed E-state index contributed by atoms with van der Waals surface area (Å²) in [6.45, 7) is 0.608. The summed E-state index contributed by atoms with van der Waals surface area (Å²) >= 11 is 3.32. The lowest BCUT2D eigenvalue weighted by Crippen LogP contribution is -2.39. The van der Waals surface area contributed by atoms with Gasteiger partial charge in [0.2, 0.25) is 5.91 Å². The topological polar surface area (TPSA) is 94.9 Å². The average Bonchev–Trinajstić information content (AvgIpc) is 2.37. The molecule has 1 atom stereocenters. The van der Waals surface area contributed by atoms with E-state index in [4.69, 9.17) is 10.2 Å². The smallest absolute Gasteiger partial charge is 0.323 e. The first-order valence-electron chi connectivity index (χ1n) is 6.26. The van der Waals surface area contributed by atoms with Crippen LogP contribution in [0.1, 0.15) is 24.8 Å². The lowest BCUT2D eigenvalue weighted by atomic mass is 9.97. The Bertz CT molecular complexity index is 513. The normalized spacial score (nSPS) is 11.7. The first-order valence-corrected chi connectivity index (χ1v) is 7.05. The highest BCUT2D eigenvalue weighted by atomic mass is 79.9. The zero-order valence-corrected chi connectivity index (χ0v) is 13.0. The van der Waals surface area contributed by atoms with E-state index in [2.05, 4.69) is 15.9 Å². The molecular weight excluding hydrogens is 342 g/mol. The maximum Gasteiger partial charge on any atom is 0.323 e. The zero-order chi connectivity index (χ0) is 16.0. The van der Waals surface area contributed by atoms with Crippen molar-refractivity contribution in [3.63, 3.8) is 0 Å². The van der Waals surface area contributed by atoms with E-state index in [0.29, 0.717) is 0 Å². The average molecular weight is 358 g/mol. The summed E-state index contributed by atoms with van der Waals surface area (Å²) in [6, 6.07) is 7.42. The number of rotatable bonds is 7. The van der Waals surface area contributed by atoms with E-state index in [1.165, 1.54) is 0 Å². The van der Waals surface area contributed by atoms with Crippen molar-refractivity contribution in [1.29, 1.82) is 0 Å². The molecule has 1 amide bonds. The predicted molar refractivity (Wildman–Crippen MR) is 79.0 cm³/mol. The molecule has 0 bridgehead atoms. The van der Waals surface area contributed by atoms with Crippen molar-refractivity contribution in [3.8, 4) is 0 Å². The number of carbonyl (C=O) groups excluding carboxylic acids is 1. The van der Waals surface area contributed by atoms with Gasteiger partial charge in [0.05, 0.1) is 0 Å². The molecule has 2 N–H and O–H groups in total. The summed E-state index contributed by atoms with van der Waals surface area (Å²) in [4.78, 5) is 34.3. The molecule has 114 valence electrons. The minimum Gasteiger partial charge on any atom is -0.480 e. The quantitative estimate of drug-likeness (QED) is 0.777. The van der Waals surface area contributed by atoms with Crippen LogP contribution in [0.5, 0.6) is 0 Å². The van der Waals surface area contributed by atoms with Crippen molar-refractivity contribution in [1.82, 2.24) is 4.90 Å². The fourth-order valence-corrected chi connectivity index (χ4v) is 2.12. The van der Waals surface area contributed by atoms with Crippen LogP contribution in [-0.2, 0) is 14.4 Å². The van der Waals surface area contributed by atoms with Crippen LogP contribution in [-0.4, -0.2) is 46.0 Å². The Kier molecular flexibility index (Phi) is 6.36. The molecule has 0 radical (unpaired) electrons. The van der Waals surface area contributed by atoms with Gasteiger partial charge < -0.3 is 15.1 Å². The number of carboxylic acids is 2. The van der Waals surface area contributed by atoms with E-state index in [1.807, 2.05) is 31.2 Å². The van der Waals surface area contributed by atoms with Crippen LogP contribution < -0.4 is 0 Å². The van der Waals surface area contributed by atoms with Gasteiger partial charge in [0.25, 0.3) is 0 Å². The molecule has 1 aromatic carbocycles. The third kappa shape index (κ3) is 5.95. The number of nitrogens with zero attached hydrogens (tertiary/aromatic N) is 1. The summed E-state index contributed by atoms with van der Waals surface area (Å²) in [5, 5.41) is 17.5. The molecule has 0 aliphatic carbocycles. The summed E-state index contributed by atoms with van der Waals surface area (Å²) in [5.74, 6) is -3.09. The van der Waals surface area contributed by atoms with Gasteiger partial charge in [-0.2, -0.15) is 0 Å². The maximum atomic E-state index is 12.1. The summed E-state index contributed by atoms with van der Waals surface area (Å²) < 4.78 is 0.920. The first-order chi connectivity index (χ1) is 9.79. The van der Waals surface area contributed by atoms with E-state index in [-0.39, 0.29) is 12.3 Å². The summed E-state index contributed by atoms with van der Waals surface area (Å²) in [7, 11) is 0. The highest BCUT2D eigenvalue weighted by Gasteiger charge is 2.21. The molecule has 6 nitrogen and oxygen atoms in total. The SMILES string of the molecule is CC(CC(=O)N(CC(=O)O)CC(=O)O)c1ccc(Br)cc1. The number of amides is 1. The number of hydrogen-bond donors (Lipinski definition) is 2. The summed E-state index contributed by atoms with van der Waals surface area (Å²) in [6.07, 6.45) is 0.0577. The van der Waals surface area contributed by atoms with Gasteiger partial charge in [0, 0.05) is 10.9 Å². The highest BCUT2D eigenvalue weighted by molar-refractivity contribution is 9.10.